The number of nitrogens with one attached hydrogen (secondary N) is 1. The number of aromatic nitrogens is 2. The normalized spacial score (nSPS) is 19.6. The standard InChI is InChI=1S/C16H30N4/c1-14(7-11-20-12-10-17-15(20)2)18-13-16(19(3)4)8-5-6-9-16/h10,12,14,18H,5-9,11,13H2,1-4H3. The van der Waals surface area contributed by atoms with Crippen molar-refractivity contribution in [3.05, 3.63) is 18.2 Å². The van der Waals surface area contributed by atoms with Crippen LogP contribution in [0, 0.1) is 6.92 Å². The Morgan fingerprint density at radius 3 is 2.65 bits per heavy atom. The van der Waals surface area contributed by atoms with Crippen LogP contribution in [-0.4, -0.2) is 46.7 Å². The van der Waals surface area contributed by atoms with Gasteiger partial charge in [0.2, 0.25) is 0 Å². The molecular formula is C16H30N4. The van der Waals surface area contributed by atoms with Gasteiger partial charge < -0.3 is 14.8 Å². The largest absolute Gasteiger partial charge is 0.335 e. The van der Waals surface area contributed by atoms with Crippen LogP contribution in [0.25, 0.3) is 0 Å². The first-order valence-corrected chi connectivity index (χ1v) is 7.92. The van der Waals surface area contributed by atoms with Crippen molar-refractivity contribution in [2.75, 3.05) is 20.6 Å². The summed E-state index contributed by atoms with van der Waals surface area (Å²) in [4.78, 5) is 6.70. The Morgan fingerprint density at radius 2 is 2.10 bits per heavy atom. The third kappa shape index (κ3) is 3.61. The third-order valence-corrected chi connectivity index (χ3v) is 4.99. The van der Waals surface area contributed by atoms with Gasteiger partial charge in [-0.05, 0) is 47.2 Å². The Balaban J connectivity index is 1.77. The summed E-state index contributed by atoms with van der Waals surface area (Å²) in [6.45, 7) is 6.53. The molecule has 0 spiro atoms. The second-order valence-corrected chi connectivity index (χ2v) is 6.56. The van der Waals surface area contributed by atoms with Crippen molar-refractivity contribution < 1.29 is 0 Å². The molecule has 0 aromatic carbocycles. The maximum atomic E-state index is 4.27. The second-order valence-electron chi connectivity index (χ2n) is 6.56. The minimum atomic E-state index is 0.388. The second kappa shape index (κ2) is 6.72. The predicted octanol–water partition coefficient (Wildman–Crippen LogP) is 2.43. The van der Waals surface area contributed by atoms with Crippen LogP contribution in [0.2, 0.25) is 0 Å². The van der Waals surface area contributed by atoms with E-state index in [-0.39, 0.29) is 0 Å². The van der Waals surface area contributed by atoms with E-state index in [9.17, 15) is 0 Å². The maximum Gasteiger partial charge on any atom is 0.105 e. The Labute approximate surface area is 123 Å². The molecule has 0 amide bonds. The van der Waals surface area contributed by atoms with Gasteiger partial charge in [-0.1, -0.05) is 12.8 Å². The summed E-state index contributed by atoms with van der Waals surface area (Å²) in [5, 5.41) is 3.75. The molecule has 0 saturated heterocycles. The molecule has 1 aromatic rings. The highest BCUT2D eigenvalue weighted by Crippen LogP contribution is 2.33. The molecule has 1 aliphatic carbocycles. The SMILES string of the molecule is Cc1nccn1CCC(C)NCC1(N(C)C)CCCC1. The minimum Gasteiger partial charge on any atom is -0.335 e. The van der Waals surface area contributed by atoms with E-state index >= 15 is 0 Å². The molecule has 114 valence electrons. The minimum absolute atomic E-state index is 0.388. The van der Waals surface area contributed by atoms with Gasteiger partial charge in [0.15, 0.2) is 0 Å². The van der Waals surface area contributed by atoms with Crippen LogP contribution >= 0.6 is 0 Å². The van der Waals surface area contributed by atoms with Gasteiger partial charge in [-0.15, -0.1) is 0 Å². The monoisotopic (exact) mass is 278 g/mol. The van der Waals surface area contributed by atoms with Crippen molar-refractivity contribution in [1.29, 1.82) is 0 Å². The van der Waals surface area contributed by atoms with Gasteiger partial charge >= 0.3 is 0 Å². The topological polar surface area (TPSA) is 33.1 Å². The third-order valence-electron chi connectivity index (χ3n) is 4.99. The van der Waals surface area contributed by atoms with Gasteiger partial charge in [0.1, 0.15) is 5.82 Å². The zero-order valence-corrected chi connectivity index (χ0v) is 13.5. The van der Waals surface area contributed by atoms with Gasteiger partial charge in [0.05, 0.1) is 0 Å². The van der Waals surface area contributed by atoms with Crippen molar-refractivity contribution in [1.82, 2.24) is 19.8 Å². The van der Waals surface area contributed by atoms with Crippen molar-refractivity contribution in [2.24, 2.45) is 0 Å². The average molecular weight is 278 g/mol. The van der Waals surface area contributed by atoms with Gasteiger partial charge in [0, 0.05) is 37.1 Å². The number of likely N-dealkylation sites (N-methyl/N-ethyl adjacent to an activating group) is 1. The molecule has 0 bridgehead atoms. The highest BCUT2D eigenvalue weighted by Gasteiger charge is 2.35. The molecule has 4 nitrogen and oxygen atoms in total. The van der Waals surface area contributed by atoms with Crippen molar-refractivity contribution >= 4 is 0 Å². The molecule has 1 aromatic heterocycles. The number of nitrogens with zero attached hydrogens (tertiary/aromatic N) is 3. The zero-order valence-electron chi connectivity index (χ0n) is 13.5. The molecule has 1 N–H and O–H groups in total. The summed E-state index contributed by atoms with van der Waals surface area (Å²) >= 11 is 0. The molecule has 0 radical (unpaired) electrons. The van der Waals surface area contributed by atoms with Crippen molar-refractivity contribution in [3.8, 4) is 0 Å². The Kier molecular flexibility index (Phi) is 5.22. The van der Waals surface area contributed by atoms with Crippen molar-refractivity contribution in [2.45, 2.75) is 64.1 Å². The molecule has 1 aliphatic rings. The summed E-state index contributed by atoms with van der Waals surface area (Å²) < 4.78 is 2.23. The number of rotatable bonds is 7. The van der Waals surface area contributed by atoms with E-state index in [4.69, 9.17) is 0 Å². The number of hydrogen-bond donors (Lipinski definition) is 1. The van der Waals surface area contributed by atoms with Crippen LogP contribution in [0.15, 0.2) is 12.4 Å². The summed E-state index contributed by atoms with van der Waals surface area (Å²) in [6.07, 6.45) is 10.5. The first kappa shape index (κ1) is 15.5. The van der Waals surface area contributed by atoms with Gasteiger partial charge in [-0.2, -0.15) is 0 Å². The molecule has 4 heteroatoms. The van der Waals surface area contributed by atoms with E-state index in [0.29, 0.717) is 11.6 Å². The van der Waals surface area contributed by atoms with Crippen LogP contribution in [0.1, 0.15) is 44.9 Å². The van der Waals surface area contributed by atoms with Crippen LogP contribution in [0.3, 0.4) is 0 Å². The van der Waals surface area contributed by atoms with Gasteiger partial charge in [0.25, 0.3) is 0 Å². The number of imidazole rings is 1. The average Bonchev–Trinajstić information content (AvgIpc) is 3.04. The lowest BCUT2D eigenvalue weighted by Crippen LogP contribution is -2.51. The lowest BCUT2D eigenvalue weighted by Gasteiger charge is -2.37. The van der Waals surface area contributed by atoms with Crippen LogP contribution in [0.4, 0.5) is 0 Å². The fraction of sp³-hybridized carbons (Fsp3) is 0.812. The highest BCUT2D eigenvalue weighted by atomic mass is 15.2. The van der Waals surface area contributed by atoms with E-state index < -0.39 is 0 Å². The first-order valence-electron chi connectivity index (χ1n) is 7.92. The molecule has 20 heavy (non-hydrogen) atoms. The smallest absolute Gasteiger partial charge is 0.105 e. The molecule has 1 saturated carbocycles. The number of aryl methyl sites for hydroxylation is 2. The molecule has 1 fully saturated rings. The summed E-state index contributed by atoms with van der Waals surface area (Å²) in [6, 6.07) is 0.550. The molecule has 0 aliphatic heterocycles. The molecular weight excluding hydrogens is 248 g/mol. The first-order chi connectivity index (χ1) is 9.53. The summed E-state index contributed by atoms with van der Waals surface area (Å²) in [5.74, 6) is 1.11. The van der Waals surface area contributed by atoms with E-state index in [1.807, 2.05) is 6.20 Å². The van der Waals surface area contributed by atoms with E-state index in [2.05, 4.69) is 53.9 Å². The van der Waals surface area contributed by atoms with E-state index in [1.165, 1.54) is 25.7 Å². The summed E-state index contributed by atoms with van der Waals surface area (Å²) in [5.41, 5.74) is 0.388. The fourth-order valence-electron chi connectivity index (χ4n) is 3.25. The van der Waals surface area contributed by atoms with Gasteiger partial charge in [-0.3, -0.25) is 0 Å². The van der Waals surface area contributed by atoms with Crippen LogP contribution in [0.5, 0.6) is 0 Å². The fourth-order valence-corrected chi connectivity index (χ4v) is 3.25. The zero-order chi connectivity index (χ0) is 14.6. The lowest BCUT2D eigenvalue weighted by molar-refractivity contribution is 0.149. The molecule has 1 heterocycles. The Bertz CT molecular complexity index is 404. The Hall–Kier alpha value is -0.870. The van der Waals surface area contributed by atoms with Gasteiger partial charge in [-0.25, -0.2) is 4.98 Å². The lowest BCUT2D eigenvalue weighted by atomic mass is 9.95. The van der Waals surface area contributed by atoms with E-state index in [1.54, 1.807) is 0 Å². The van der Waals surface area contributed by atoms with E-state index in [0.717, 1.165) is 25.3 Å². The molecule has 1 unspecified atom stereocenters. The number of hydrogen-bond acceptors (Lipinski definition) is 3. The molecule has 2 rings (SSSR count). The highest BCUT2D eigenvalue weighted by molar-refractivity contribution is 4.95. The Morgan fingerprint density at radius 1 is 1.40 bits per heavy atom. The van der Waals surface area contributed by atoms with Crippen LogP contribution < -0.4 is 5.32 Å². The van der Waals surface area contributed by atoms with Crippen molar-refractivity contribution in [3.63, 3.8) is 0 Å². The predicted molar refractivity (Wildman–Crippen MR) is 83.9 cm³/mol. The molecule has 1 atom stereocenters. The maximum absolute atomic E-state index is 4.27. The van der Waals surface area contributed by atoms with Crippen LogP contribution in [-0.2, 0) is 6.54 Å². The summed E-state index contributed by atoms with van der Waals surface area (Å²) in [7, 11) is 4.46. The quantitative estimate of drug-likeness (QED) is 0.831.